The topological polar surface area (TPSA) is 9.23 Å². The molecule has 1 rings (SSSR count). The van der Waals surface area contributed by atoms with E-state index in [0.29, 0.717) is 6.04 Å². The number of ether oxygens (including phenoxy) is 1. The van der Waals surface area contributed by atoms with E-state index in [1.54, 1.807) is 7.11 Å². The highest BCUT2D eigenvalue weighted by atomic mass is 127. The Kier molecular flexibility index (Phi) is 10.3. The second kappa shape index (κ2) is 9.41. The molecule has 0 saturated carbocycles. The zero-order valence-electron chi connectivity index (χ0n) is 8.84. The first-order chi connectivity index (χ1) is 6.99. The van der Waals surface area contributed by atoms with Gasteiger partial charge >= 0.3 is 0 Å². The van der Waals surface area contributed by atoms with Gasteiger partial charge in [0.05, 0.1) is 6.61 Å². The predicted molar refractivity (Wildman–Crippen MR) is 92.2 cm³/mol. The highest BCUT2D eigenvalue weighted by Gasteiger charge is 2.11. The second-order valence-corrected chi connectivity index (χ2v) is 14.6. The largest absolute Gasteiger partial charge is 0.380 e. The van der Waals surface area contributed by atoms with Crippen molar-refractivity contribution in [3.05, 3.63) is 35.9 Å². The van der Waals surface area contributed by atoms with Crippen LogP contribution in [0.25, 0.3) is 0 Å². The van der Waals surface area contributed by atoms with Crippen molar-refractivity contribution in [3.8, 4) is 0 Å². The van der Waals surface area contributed by atoms with E-state index in [2.05, 4.69) is 74.7 Å². The van der Waals surface area contributed by atoms with E-state index in [-0.39, 0.29) is 0 Å². The van der Waals surface area contributed by atoms with E-state index in [1.165, 1.54) is 12.0 Å². The highest BCUT2D eigenvalue weighted by molar-refractivity contribution is 14.3. The minimum Gasteiger partial charge on any atom is -0.380 e. The van der Waals surface area contributed by atoms with Crippen LogP contribution in [-0.2, 0) is 11.3 Å². The predicted octanol–water partition coefficient (Wildman–Crippen LogP) is 5.19. The summed E-state index contributed by atoms with van der Waals surface area (Å²) in [7, 11) is 1.70. The summed E-state index contributed by atoms with van der Waals surface area (Å²) >= 11 is 7.24. The molecule has 0 unspecified atom stereocenters. The fourth-order valence-electron chi connectivity index (χ4n) is 0.741. The van der Waals surface area contributed by atoms with Gasteiger partial charge in [0.25, 0.3) is 0 Å². The number of alkyl halides is 3. The van der Waals surface area contributed by atoms with Gasteiger partial charge in [-0.2, -0.15) is 0 Å². The summed E-state index contributed by atoms with van der Waals surface area (Å²) in [6, 6.07) is 10.1. The molecule has 0 atom stereocenters. The molecule has 0 aliphatic carbocycles. The Morgan fingerprint density at radius 1 is 1.13 bits per heavy atom. The average molecular weight is 544 g/mol. The summed E-state index contributed by atoms with van der Waals surface area (Å²) in [5.41, 5.74) is 1.22. The van der Waals surface area contributed by atoms with Gasteiger partial charge in [-0.15, -0.1) is 0 Å². The van der Waals surface area contributed by atoms with Crippen LogP contribution in [0.1, 0.15) is 18.9 Å². The first-order valence-electron chi connectivity index (χ1n) is 4.59. The first-order valence-corrected chi connectivity index (χ1v) is 7.83. The van der Waals surface area contributed by atoms with Crippen LogP contribution in [0.5, 0.6) is 0 Å². The maximum absolute atomic E-state index is 4.93. The van der Waals surface area contributed by atoms with E-state index in [4.69, 9.17) is 4.74 Å². The van der Waals surface area contributed by atoms with Gasteiger partial charge in [-0.05, 0) is 12.0 Å². The maximum atomic E-state index is 4.93. The van der Waals surface area contributed by atoms with Crippen LogP contribution in [0.4, 0.5) is 0 Å². The molecular weight excluding hydrogens is 529 g/mol. The number of methoxy groups -OCH3 is 1. The Morgan fingerprint density at radius 2 is 1.60 bits per heavy atom. The summed E-state index contributed by atoms with van der Waals surface area (Å²) in [4.78, 5) is 0. The number of benzene rings is 1. The highest BCUT2D eigenvalue weighted by Crippen LogP contribution is 2.38. The van der Waals surface area contributed by atoms with Gasteiger partial charge in [0, 0.05) is 7.11 Å². The zero-order chi connectivity index (χ0) is 11.7. The molecule has 0 spiro atoms. The van der Waals surface area contributed by atoms with Crippen LogP contribution in [0.3, 0.4) is 0 Å². The van der Waals surface area contributed by atoms with Crippen molar-refractivity contribution in [2.45, 2.75) is 19.4 Å². The molecule has 0 aromatic heterocycles. The third-order valence-corrected chi connectivity index (χ3v) is 3.84. The lowest BCUT2D eigenvalue weighted by Gasteiger charge is -2.04. The van der Waals surface area contributed by atoms with Crippen LogP contribution in [0.15, 0.2) is 30.3 Å². The van der Waals surface area contributed by atoms with Crippen molar-refractivity contribution in [2.24, 2.45) is 0 Å². The third-order valence-electron chi connectivity index (χ3n) is 1.55. The third kappa shape index (κ3) is 11.6. The van der Waals surface area contributed by atoms with Crippen molar-refractivity contribution in [3.63, 3.8) is 0 Å². The molecule has 0 saturated heterocycles. The monoisotopic (exact) mass is 544 g/mol. The quantitative estimate of drug-likeness (QED) is 0.377. The van der Waals surface area contributed by atoms with Crippen molar-refractivity contribution < 1.29 is 4.74 Å². The molecule has 0 aliphatic heterocycles. The van der Waals surface area contributed by atoms with Gasteiger partial charge < -0.3 is 4.74 Å². The standard InChI is InChI=1S/C8H10O.C3H5I3/c1-9-7-8-5-3-2-4-6-8;1-2-3(4,5)6/h2-6H,7H2,1H3;2H2,1H3. The van der Waals surface area contributed by atoms with Crippen LogP contribution in [0.2, 0.25) is 0 Å². The van der Waals surface area contributed by atoms with E-state index in [0.717, 1.165) is 0 Å². The maximum Gasteiger partial charge on any atom is 0.124 e. The summed E-state index contributed by atoms with van der Waals surface area (Å²) in [6.45, 7) is 2.89. The SMILES string of the molecule is CCC(I)(I)I.COCc1ccccc1. The Balaban J connectivity index is 0.000000288. The molecule has 0 radical (unpaired) electrons. The fourth-order valence-corrected chi connectivity index (χ4v) is 0.741. The minimum absolute atomic E-state index is 0.452. The Hall–Kier alpha value is 1.37. The summed E-state index contributed by atoms with van der Waals surface area (Å²) < 4.78 is 5.38. The molecule has 15 heavy (non-hydrogen) atoms. The van der Waals surface area contributed by atoms with Crippen molar-refractivity contribution in [1.29, 1.82) is 0 Å². The van der Waals surface area contributed by atoms with Crippen LogP contribution >= 0.6 is 67.8 Å². The lowest BCUT2D eigenvalue weighted by molar-refractivity contribution is 0.185. The number of hydrogen-bond donors (Lipinski definition) is 0. The van der Waals surface area contributed by atoms with Crippen LogP contribution in [0, 0.1) is 0 Å². The minimum atomic E-state index is 0.452. The zero-order valence-corrected chi connectivity index (χ0v) is 15.3. The lowest BCUT2D eigenvalue weighted by Crippen LogP contribution is -1.91. The van der Waals surface area contributed by atoms with E-state index in [9.17, 15) is 0 Å². The van der Waals surface area contributed by atoms with E-state index >= 15 is 0 Å². The molecule has 0 amide bonds. The van der Waals surface area contributed by atoms with Gasteiger partial charge in [0.15, 0.2) is 0 Å². The summed E-state index contributed by atoms with van der Waals surface area (Å²) in [5.74, 6) is 0. The fraction of sp³-hybridized carbons (Fsp3) is 0.455. The molecule has 1 aromatic carbocycles. The smallest absolute Gasteiger partial charge is 0.124 e. The van der Waals surface area contributed by atoms with E-state index < -0.39 is 0 Å². The molecule has 86 valence electrons. The number of rotatable bonds is 3. The summed E-state index contributed by atoms with van der Waals surface area (Å²) in [6.07, 6.45) is 1.23. The van der Waals surface area contributed by atoms with E-state index in [1.807, 2.05) is 30.3 Å². The van der Waals surface area contributed by atoms with Gasteiger partial charge in [-0.3, -0.25) is 0 Å². The molecule has 4 heteroatoms. The van der Waals surface area contributed by atoms with Crippen molar-refractivity contribution in [1.82, 2.24) is 0 Å². The normalized spacial score (nSPS) is 10.5. The van der Waals surface area contributed by atoms with Crippen LogP contribution < -0.4 is 0 Å². The Morgan fingerprint density at radius 3 is 1.93 bits per heavy atom. The Bertz CT molecular complexity index is 244. The average Bonchev–Trinajstić information content (AvgIpc) is 2.20. The summed E-state index contributed by atoms with van der Waals surface area (Å²) in [5, 5.41) is 0. The van der Waals surface area contributed by atoms with Gasteiger partial charge in [0.1, 0.15) is -0.565 Å². The molecule has 0 fully saturated rings. The van der Waals surface area contributed by atoms with Gasteiger partial charge in [-0.25, -0.2) is 0 Å². The first kappa shape index (κ1) is 16.4. The molecule has 1 aromatic rings. The lowest BCUT2D eigenvalue weighted by atomic mass is 10.2. The molecule has 0 aliphatic rings. The second-order valence-electron chi connectivity index (χ2n) is 2.89. The Labute approximate surface area is 133 Å². The molecule has 0 N–H and O–H groups in total. The molecular formula is C11H15I3O. The number of halogens is 3. The molecule has 0 heterocycles. The van der Waals surface area contributed by atoms with Crippen LogP contribution in [-0.4, -0.2) is 6.54 Å². The molecule has 0 bridgehead atoms. The van der Waals surface area contributed by atoms with Crippen molar-refractivity contribution >= 4 is 67.8 Å². The van der Waals surface area contributed by atoms with Gasteiger partial charge in [0.2, 0.25) is 0 Å². The van der Waals surface area contributed by atoms with Gasteiger partial charge in [-0.1, -0.05) is 105 Å². The van der Waals surface area contributed by atoms with Crippen molar-refractivity contribution in [2.75, 3.05) is 7.11 Å². The number of hydrogen-bond acceptors (Lipinski definition) is 1. The molecule has 1 nitrogen and oxygen atoms in total.